The van der Waals surface area contributed by atoms with E-state index in [2.05, 4.69) is 5.32 Å². The second-order valence-electron chi connectivity index (χ2n) is 3.96. The number of carbonyl (C=O) groups excluding carboxylic acids is 1. The van der Waals surface area contributed by atoms with Gasteiger partial charge in [0.1, 0.15) is 6.26 Å². The van der Waals surface area contributed by atoms with Crippen LogP contribution in [0.15, 0.2) is 23.0 Å². The van der Waals surface area contributed by atoms with Gasteiger partial charge in [0, 0.05) is 25.6 Å². The van der Waals surface area contributed by atoms with Crippen molar-refractivity contribution in [2.45, 2.75) is 6.04 Å². The molecule has 0 bridgehead atoms. The third kappa shape index (κ3) is 1.00. The molecule has 1 amide bonds. The first-order chi connectivity index (χ1) is 6.86. The number of nitrogens with zero attached hydrogens (tertiary/aromatic N) is 1. The van der Waals surface area contributed by atoms with Crippen molar-refractivity contribution >= 4 is 5.91 Å². The Balaban J connectivity index is 1.75. The summed E-state index contributed by atoms with van der Waals surface area (Å²) in [5.41, 5.74) is 0.662. The minimum Gasteiger partial charge on any atom is -0.472 e. The fourth-order valence-corrected chi connectivity index (χ4v) is 2.31. The normalized spacial score (nSPS) is 29.9. The molecule has 4 heteroatoms. The van der Waals surface area contributed by atoms with E-state index < -0.39 is 0 Å². The summed E-state index contributed by atoms with van der Waals surface area (Å²) in [5.74, 6) is 0.773. The van der Waals surface area contributed by atoms with Crippen LogP contribution in [0.4, 0.5) is 0 Å². The van der Waals surface area contributed by atoms with E-state index in [9.17, 15) is 4.79 Å². The maximum Gasteiger partial charge on any atom is 0.257 e. The minimum atomic E-state index is 0.101. The Morgan fingerprint density at radius 2 is 2.50 bits per heavy atom. The quantitative estimate of drug-likeness (QED) is 0.697. The van der Waals surface area contributed by atoms with Gasteiger partial charge >= 0.3 is 0 Å². The molecule has 2 aliphatic rings. The third-order valence-electron chi connectivity index (χ3n) is 3.16. The topological polar surface area (TPSA) is 45.5 Å². The van der Waals surface area contributed by atoms with Crippen molar-refractivity contribution in [2.75, 3.05) is 19.6 Å². The summed E-state index contributed by atoms with van der Waals surface area (Å²) in [6, 6.07) is 2.13. The van der Waals surface area contributed by atoms with Crippen LogP contribution in [-0.4, -0.2) is 36.5 Å². The third-order valence-corrected chi connectivity index (χ3v) is 3.16. The van der Waals surface area contributed by atoms with Gasteiger partial charge in [-0.15, -0.1) is 0 Å². The van der Waals surface area contributed by atoms with E-state index >= 15 is 0 Å². The van der Waals surface area contributed by atoms with Crippen molar-refractivity contribution in [1.29, 1.82) is 0 Å². The van der Waals surface area contributed by atoms with E-state index in [0.717, 1.165) is 19.6 Å². The van der Waals surface area contributed by atoms with Crippen LogP contribution in [-0.2, 0) is 0 Å². The van der Waals surface area contributed by atoms with E-state index in [1.807, 2.05) is 4.90 Å². The molecule has 0 aromatic carbocycles. The molecule has 2 unspecified atom stereocenters. The van der Waals surface area contributed by atoms with Gasteiger partial charge in [0.25, 0.3) is 5.91 Å². The van der Waals surface area contributed by atoms with Crippen LogP contribution >= 0.6 is 0 Å². The summed E-state index contributed by atoms with van der Waals surface area (Å²) < 4.78 is 4.90. The molecule has 4 nitrogen and oxygen atoms in total. The summed E-state index contributed by atoms with van der Waals surface area (Å²) in [7, 11) is 0. The summed E-state index contributed by atoms with van der Waals surface area (Å²) >= 11 is 0. The number of carbonyl (C=O) groups is 1. The largest absolute Gasteiger partial charge is 0.472 e. The van der Waals surface area contributed by atoms with Crippen LogP contribution in [0.1, 0.15) is 10.4 Å². The SMILES string of the molecule is O=C(c1ccoc1)N1CC2CNCC21. The van der Waals surface area contributed by atoms with E-state index in [1.54, 1.807) is 6.07 Å². The van der Waals surface area contributed by atoms with Gasteiger partial charge in [0.15, 0.2) is 0 Å². The van der Waals surface area contributed by atoms with Gasteiger partial charge in [0.2, 0.25) is 0 Å². The predicted molar refractivity (Wildman–Crippen MR) is 49.9 cm³/mol. The van der Waals surface area contributed by atoms with Crippen molar-refractivity contribution in [3.8, 4) is 0 Å². The monoisotopic (exact) mass is 192 g/mol. The summed E-state index contributed by atoms with van der Waals surface area (Å²) in [4.78, 5) is 13.8. The van der Waals surface area contributed by atoms with Gasteiger partial charge < -0.3 is 14.6 Å². The number of hydrogen-bond acceptors (Lipinski definition) is 3. The van der Waals surface area contributed by atoms with Crippen LogP contribution in [0, 0.1) is 5.92 Å². The lowest BCUT2D eigenvalue weighted by Crippen LogP contribution is -2.57. The average Bonchev–Trinajstić information content (AvgIpc) is 2.75. The van der Waals surface area contributed by atoms with Crippen LogP contribution < -0.4 is 5.32 Å². The van der Waals surface area contributed by atoms with Crippen molar-refractivity contribution < 1.29 is 9.21 Å². The lowest BCUT2D eigenvalue weighted by atomic mass is 9.91. The Labute approximate surface area is 81.9 Å². The number of nitrogens with one attached hydrogen (secondary N) is 1. The Morgan fingerprint density at radius 3 is 3.21 bits per heavy atom. The predicted octanol–water partition coefficient (Wildman–Crippen LogP) is 0.323. The Bertz CT molecular complexity index is 347. The standard InChI is InChI=1S/C10H12N2O2/c13-10(7-1-2-14-6-7)12-5-8-3-11-4-9(8)12/h1-2,6,8-9,11H,3-5H2. The molecular formula is C10H12N2O2. The molecule has 0 radical (unpaired) electrons. The highest BCUT2D eigenvalue weighted by Crippen LogP contribution is 2.29. The van der Waals surface area contributed by atoms with Gasteiger partial charge in [-0.2, -0.15) is 0 Å². The van der Waals surface area contributed by atoms with Crippen molar-refractivity contribution in [1.82, 2.24) is 10.2 Å². The maximum atomic E-state index is 11.9. The number of furan rings is 1. The van der Waals surface area contributed by atoms with Crippen molar-refractivity contribution in [3.05, 3.63) is 24.2 Å². The molecule has 0 spiro atoms. The fourth-order valence-electron chi connectivity index (χ4n) is 2.31. The Hall–Kier alpha value is -1.29. The van der Waals surface area contributed by atoms with Crippen LogP contribution in [0.3, 0.4) is 0 Å². The second-order valence-corrected chi connectivity index (χ2v) is 3.96. The molecule has 0 saturated carbocycles. The highest BCUT2D eigenvalue weighted by atomic mass is 16.3. The number of rotatable bonds is 1. The first kappa shape index (κ1) is 8.05. The molecule has 1 aromatic heterocycles. The molecule has 14 heavy (non-hydrogen) atoms. The number of hydrogen-bond donors (Lipinski definition) is 1. The zero-order valence-corrected chi connectivity index (χ0v) is 7.77. The lowest BCUT2D eigenvalue weighted by Gasteiger charge is -2.43. The van der Waals surface area contributed by atoms with Gasteiger partial charge in [-0.3, -0.25) is 4.79 Å². The van der Waals surface area contributed by atoms with Crippen LogP contribution in [0.2, 0.25) is 0 Å². The molecule has 3 rings (SSSR count). The van der Waals surface area contributed by atoms with Crippen LogP contribution in [0.5, 0.6) is 0 Å². The smallest absolute Gasteiger partial charge is 0.257 e. The van der Waals surface area contributed by atoms with Gasteiger partial charge in [0.05, 0.1) is 17.9 Å². The fraction of sp³-hybridized carbons (Fsp3) is 0.500. The molecule has 0 aliphatic carbocycles. The van der Waals surface area contributed by atoms with E-state index in [-0.39, 0.29) is 5.91 Å². The molecule has 2 fully saturated rings. The number of fused-ring (bicyclic) bond motifs is 1. The summed E-state index contributed by atoms with van der Waals surface area (Å²) in [6.07, 6.45) is 3.05. The van der Waals surface area contributed by atoms with Gasteiger partial charge in [-0.1, -0.05) is 0 Å². The average molecular weight is 192 g/mol. The zero-order valence-electron chi connectivity index (χ0n) is 7.77. The number of likely N-dealkylation sites (tertiary alicyclic amines) is 1. The highest BCUT2D eigenvalue weighted by molar-refractivity contribution is 5.94. The van der Waals surface area contributed by atoms with E-state index in [4.69, 9.17) is 4.42 Å². The first-order valence-corrected chi connectivity index (χ1v) is 4.90. The summed E-state index contributed by atoms with van der Waals surface area (Å²) in [5, 5.41) is 3.30. The summed E-state index contributed by atoms with van der Waals surface area (Å²) in [6.45, 7) is 2.88. The van der Waals surface area contributed by atoms with Crippen molar-refractivity contribution in [3.63, 3.8) is 0 Å². The number of amides is 1. The molecular weight excluding hydrogens is 180 g/mol. The minimum absolute atomic E-state index is 0.101. The van der Waals surface area contributed by atoms with Crippen molar-refractivity contribution in [2.24, 2.45) is 5.92 Å². The second kappa shape index (κ2) is 2.85. The molecule has 74 valence electrons. The first-order valence-electron chi connectivity index (χ1n) is 4.90. The molecule has 2 atom stereocenters. The molecule has 1 N–H and O–H groups in total. The highest BCUT2D eigenvalue weighted by Gasteiger charge is 2.44. The van der Waals surface area contributed by atoms with Gasteiger partial charge in [-0.25, -0.2) is 0 Å². The molecule has 3 heterocycles. The molecule has 1 aromatic rings. The van der Waals surface area contributed by atoms with Gasteiger partial charge in [-0.05, 0) is 6.07 Å². The van der Waals surface area contributed by atoms with Crippen LogP contribution in [0.25, 0.3) is 0 Å². The van der Waals surface area contributed by atoms with E-state index in [0.29, 0.717) is 17.5 Å². The molecule has 2 aliphatic heterocycles. The Morgan fingerprint density at radius 1 is 1.57 bits per heavy atom. The molecule has 2 saturated heterocycles. The Kier molecular flexibility index (Phi) is 1.64. The van der Waals surface area contributed by atoms with E-state index in [1.165, 1.54) is 12.5 Å². The maximum absolute atomic E-state index is 11.9. The lowest BCUT2D eigenvalue weighted by molar-refractivity contribution is 0.0327. The zero-order chi connectivity index (χ0) is 9.54.